The fraction of sp³-hybridized carbons (Fsp3) is 0.538. The van der Waals surface area contributed by atoms with Gasteiger partial charge in [0.05, 0.1) is 4.47 Å². The number of hydrogen-bond donors (Lipinski definition) is 1. The van der Waals surface area contributed by atoms with E-state index in [0.717, 1.165) is 6.42 Å². The maximum Gasteiger partial charge on any atom is 0.145 e. The quantitative estimate of drug-likeness (QED) is 0.794. The summed E-state index contributed by atoms with van der Waals surface area (Å²) in [5.41, 5.74) is 0.135. The van der Waals surface area contributed by atoms with Gasteiger partial charge in [-0.3, -0.25) is 0 Å². The first-order valence-electron chi connectivity index (χ1n) is 5.89. The molecule has 0 saturated heterocycles. The van der Waals surface area contributed by atoms with Crippen molar-refractivity contribution in [1.29, 1.82) is 0 Å². The predicted molar refractivity (Wildman–Crippen MR) is 69.9 cm³/mol. The van der Waals surface area contributed by atoms with Gasteiger partial charge in [-0.15, -0.1) is 0 Å². The molecule has 1 nitrogen and oxygen atoms in total. The lowest BCUT2D eigenvalue weighted by Gasteiger charge is -2.25. The standard InChI is InChI=1S/C13H18BrF2N/c1-4-8(3)13(17-5-2)11-10(15)7-6-9(14)12(11)16/h6-8,13,17H,4-5H2,1-3H3. The van der Waals surface area contributed by atoms with E-state index in [1.807, 2.05) is 20.8 Å². The molecule has 0 heterocycles. The van der Waals surface area contributed by atoms with Crippen molar-refractivity contribution in [2.24, 2.45) is 5.92 Å². The van der Waals surface area contributed by atoms with Gasteiger partial charge in [0.15, 0.2) is 0 Å². The molecular formula is C13H18BrF2N. The van der Waals surface area contributed by atoms with Crippen LogP contribution in [0.5, 0.6) is 0 Å². The van der Waals surface area contributed by atoms with Crippen molar-refractivity contribution in [2.45, 2.75) is 33.2 Å². The Labute approximate surface area is 110 Å². The lowest BCUT2D eigenvalue weighted by molar-refractivity contribution is 0.357. The Bertz CT molecular complexity index is 382. The Morgan fingerprint density at radius 2 is 1.94 bits per heavy atom. The SMILES string of the molecule is CCNC(c1c(F)ccc(Br)c1F)C(C)CC. The Morgan fingerprint density at radius 3 is 2.47 bits per heavy atom. The van der Waals surface area contributed by atoms with Crippen LogP contribution in [-0.2, 0) is 0 Å². The molecule has 0 aromatic heterocycles. The third-order valence-electron chi connectivity index (χ3n) is 3.03. The fourth-order valence-electron chi connectivity index (χ4n) is 1.87. The van der Waals surface area contributed by atoms with Crippen molar-refractivity contribution < 1.29 is 8.78 Å². The smallest absolute Gasteiger partial charge is 0.145 e. The molecule has 0 aliphatic carbocycles. The molecule has 0 aliphatic rings. The van der Waals surface area contributed by atoms with Crippen LogP contribution < -0.4 is 5.32 Å². The van der Waals surface area contributed by atoms with Crippen LogP contribution in [0.4, 0.5) is 8.78 Å². The van der Waals surface area contributed by atoms with E-state index >= 15 is 0 Å². The number of rotatable bonds is 5. The Morgan fingerprint density at radius 1 is 1.29 bits per heavy atom. The van der Waals surface area contributed by atoms with E-state index in [2.05, 4.69) is 21.2 Å². The minimum atomic E-state index is -0.503. The molecule has 0 spiro atoms. The monoisotopic (exact) mass is 305 g/mol. The van der Waals surface area contributed by atoms with Crippen LogP contribution in [0.25, 0.3) is 0 Å². The highest BCUT2D eigenvalue weighted by atomic mass is 79.9. The lowest BCUT2D eigenvalue weighted by atomic mass is 9.91. The Balaban J connectivity index is 3.22. The average molecular weight is 306 g/mol. The van der Waals surface area contributed by atoms with Gasteiger partial charge in [-0.2, -0.15) is 0 Å². The minimum absolute atomic E-state index is 0.135. The molecule has 1 aromatic rings. The van der Waals surface area contributed by atoms with E-state index in [-0.39, 0.29) is 17.5 Å². The van der Waals surface area contributed by atoms with Crippen LogP contribution in [-0.4, -0.2) is 6.54 Å². The van der Waals surface area contributed by atoms with Gasteiger partial charge in [0, 0.05) is 11.6 Å². The molecule has 0 fully saturated rings. The summed E-state index contributed by atoms with van der Waals surface area (Å²) in [4.78, 5) is 0. The van der Waals surface area contributed by atoms with E-state index in [4.69, 9.17) is 0 Å². The minimum Gasteiger partial charge on any atom is -0.310 e. The maximum atomic E-state index is 14.0. The van der Waals surface area contributed by atoms with Gasteiger partial charge < -0.3 is 5.32 Å². The highest BCUT2D eigenvalue weighted by Crippen LogP contribution is 2.31. The predicted octanol–water partition coefficient (Wildman–Crippen LogP) is 4.42. The summed E-state index contributed by atoms with van der Waals surface area (Å²) >= 11 is 3.10. The second-order valence-electron chi connectivity index (χ2n) is 4.18. The molecule has 0 bridgehead atoms. The number of benzene rings is 1. The van der Waals surface area contributed by atoms with Crippen molar-refractivity contribution in [3.05, 3.63) is 33.8 Å². The third kappa shape index (κ3) is 3.26. The maximum absolute atomic E-state index is 14.0. The Kier molecular flexibility index (Phi) is 5.53. The highest BCUT2D eigenvalue weighted by Gasteiger charge is 2.25. The average Bonchev–Trinajstić information content (AvgIpc) is 2.32. The molecule has 2 atom stereocenters. The number of halogens is 3. The molecule has 2 unspecified atom stereocenters. The first kappa shape index (κ1) is 14.6. The Hall–Kier alpha value is -0.480. The summed E-state index contributed by atoms with van der Waals surface area (Å²) in [6.45, 7) is 6.62. The van der Waals surface area contributed by atoms with Crippen LogP contribution in [0.3, 0.4) is 0 Å². The fourth-order valence-corrected chi connectivity index (χ4v) is 2.22. The van der Waals surface area contributed by atoms with Crippen LogP contribution >= 0.6 is 15.9 Å². The van der Waals surface area contributed by atoms with E-state index in [1.165, 1.54) is 12.1 Å². The third-order valence-corrected chi connectivity index (χ3v) is 3.64. The normalized spacial score (nSPS) is 14.7. The summed E-state index contributed by atoms with van der Waals surface area (Å²) in [7, 11) is 0. The molecule has 4 heteroatoms. The van der Waals surface area contributed by atoms with Gasteiger partial charge >= 0.3 is 0 Å². The largest absolute Gasteiger partial charge is 0.310 e. The molecular weight excluding hydrogens is 288 g/mol. The summed E-state index contributed by atoms with van der Waals surface area (Å²) in [5.74, 6) is -0.818. The summed E-state index contributed by atoms with van der Waals surface area (Å²) in [6, 6.07) is 2.41. The van der Waals surface area contributed by atoms with Crippen molar-refractivity contribution in [3.8, 4) is 0 Å². The van der Waals surface area contributed by atoms with E-state index < -0.39 is 11.6 Å². The van der Waals surface area contributed by atoms with Crippen molar-refractivity contribution in [3.63, 3.8) is 0 Å². The number of hydrogen-bond acceptors (Lipinski definition) is 1. The van der Waals surface area contributed by atoms with E-state index in [0.29, 0.717) is 11.0 Å². The zero-order valence-electron chi connectivity index (χ0n) is 10.4. The van der Waals surface area contributed by atoms with Gasteiger partial charge in [-0.25, -0.2) is 8.78 Å². The van der Waals surface area contributed by atoms with Gasteiger partial charge in [-0.05, 0) is 40.5 Å². The topological polar surface area (TPSA) is 12.0 Å². The molecule has 0 aliphatic heterocycles. The van der Waals surface area contributed by atoms with Gasteiger partial charge in [-0.1, -0.05) is 27.2 Å². The van der Waals surface area contributed by atoms with Gasteiger partial charge in [0.1, 0.15) is 11.6 Å². The van der Waals surface area contributed by atoms with E-state index in [9.17, 15) is 8.78 Å². The molecule has 1 rings (SSSR count). The first-order valence-corrected chi connectivity index (χ1v) is 6.68. The highest BCUT2D eigenvalue weighted by molar-refractivity contribution is 9.10. The molecule has 0 saturated carbocycles. The summed E-state index contributed by atoms with van der Waals surface area (Å²) < 4.78 is 28.1. The molecule has 0 radical (unpaired) electrons. The van der Waals surface area contributed by atoms with Crippen LogP contribution in [0.1, 0.15) is 38.8 Å². The molecule has 0 amide bonds. The molecule has 1 N–H and O–H groups in total. The second-order valence-corrected chi connectivity index (χ2v) is 5.03. The summed E-state index contributed by atoms with van der Waals surface area (Å²) in [5, 5.41) is 3.16. The molecule has 17 heavy (non-hydrogen) atoms. The van der Waals surface area contributed by atoms with Gasteiger partial charge in [0.2, 0.25) is 0 Å². The number of nitrogens with one attached hydrogen (secondary N) is 1. The van der Waals surface area contributed by atoms with Crippen molar-refractivity contribution in [2.75, 3.05) is 6.54 Å². The zero-order chi connectivity index (χ0) is 13.0. The van der Waals surface area contributed by atoms with Crippen LogP contribution in [0, 0.1) is 17.6 Å². The van der Waals surface area contributed by atoms with E-state index in [1.54, 1.807) is 0 Å². The molecule has 1 aromatic carbocycles. The summed E-state index contributed by atoms with van der Waals surface area (Å²) in [6.07, 6.45) is 0.864. The van der Waals surface area contributed by atoms with Crippen LogP contribution in [0.2, 0.25) is 0 Å². The second kappa shape index (κ2) is 6.45. The lowest BCUT2D eigenvalue weighted by Crippen LogP contribution is -2.28. The zero-order valence-corrected chi connectivity index (χ0v) is 11.9. The van der Waals surface area contributed by atoms with Crippen LogP contribution in [0.15, 0.2) is 16.6 Å². The van der Waals surface area contributed by atoms with Crippen molar-refractivity contribution in [1.82, 2.24) is 5.32 Å². The first-order chi connectivity index (χ1) is 8.02. The van der Waals surface area contributed by atoms with Gasteiger partial charge in [0.25, 0.3) is 0 Å². The van der Waals surface area contributed by atoms with Crippen molar-refractivity contribution >= 4 is 15.9 Å². The molecule has 96 valence electrons.